The van der Waals surface area contributed by atoms with Crippen molar-refractivity contribution in [1.82, 2.24) is 4.90 Å². The summed E-state index contributed by atoms with van der Waals surface area (Å²) in [7, 11) is 0. The van der Waals surface area contributed by atoms with E-state index in [0.717, 1.165) is 0 Å². The molecule has 7 nitrogen and oxygen atoms in total. The summed E-state index contributed by atoms with van der Waals surface area (Å²) in [6.07, 6.45) is 0.670. The van der Waals surface area contributed by atoms with Gasteiger partial charge in [-0.2, -0.15) is 0 Å². The Kier molecular flexibility index (Phi) is 7.61. The second-order valence-corrected chi connectivity index (χ2v) is 9.53. The molecule has 194 valence electrons. The van der Waals surface area contributed by atoms with E-state index in [4.69, 9.17) is 14.6 Å². The Morgan fingerprint density at radius 2 is 1.54 bits per heavy atom. The summed E-state index contributed by atoms with van der Waals surface area (Å²) >= 11 is 0. The van der Waals surface area contributed by atoms with E-state index in [2.05, 4.69) is 5.32 Å². The van der Waals surface area contributed by atoms with Crippen molar-refractivity contribution in [2.24, 2.45) is 5.92 Å². The standard InChI is InChI=1S/C28H28F2N2O5/c1-18(2)16-28(30)11-12-32(17-28)27(35)31-21-13-24(36-22-7-3-19(4-8-22)26(33)34)15-25(14-21)37-23-9-5-20(29)6-10-23/h3-10,13-15,18H,11-12,16-17H2,1-2H3,(H,31,35)(H,33,34). The molecule has 1 aliphatic rings. The van der Waals surface area contributed by atoms with E-state index in [0.29, 0.717) is 41.7 Å². The Balaban J connectivity index is 1.55. The third kappa shape index (κ3) is 6.97. The first-order valence-electron chi connectivity index (χ1n) is 11.9. The minimum atomic E-state index is -1.41. The van der Waals surface area contributed by atoms with Gasteiger partial charge in [-0.25, -0.2) is 18.4 Å². The number of carbonyl (C=O) groups excluding carboxylic acids is 1. The maximum Gasteiger partial charge on any atom is 0.335 e. The van der Waals surface area contributed by atoms with E-state index in [9.17, 15) is 14.0 Å². The Labute approximate surface area is 213 Å². The van der Waals surface area contributed by atoms with Gasteiger partial charge in [0, 0.05) is 36.9 Å². The number of rotatable bonds is 8. The van der Waals surface area contributed by atoms with Crippen LogP contribution >= 0.6 is 0 Å². The number of carboxylic acid groups (broad SMARTS) is 1. The molecule has 37 heavy (non-hydrogen) atoms. The fraction of sp³-hybridized carbons (Fsp3) is 0.286. The number of likely N-dealkylation sites (tertiary alicyclic amines) is 1. The maximum atomic E-state index is 15.1. The molecule has 1 heterocycles. The summed E-state index contributed by atoms with van der Waals surface area (Å²) in [5, 5.41) is 11.9. The molecule has 4 rings (SSSR count). The summed E-state index contributed by atoms with van der Waals surface area (Å²) in [6, 6.07) is 15.6. The lowest BCUT2D eigenvalue weighted by Gasteiger charge is -2.23. The van der Waals surface area contributed by atoms with Gasteiger partial charge in [0.15, 0.2) is 0 Å². The highest BCUT2D eigenvalue weighted by Crippen LogP contribution is 2.35. The zero-order valence-corrected chi connectivity index (χ0v) is 20.5. The summed E-state index contributed by atoms with van der Waals surface area (Å²) in [6.45, 7) is 4.23. The molecule has 3 aromatic carbocycles. The minimum absolute atomic E-state index is 0.0159. The molecule has 1 saturated heterocycles. The molecule has 1 atom stereocenters. The van der Waals surface area contributed by atoms with Crippen molar-refractivity contribution in [1.29, 1.82) is 0 Å². The van der Waals surface area contributed by atoms with Crippen LogP contribution in [0.4, 0.5) is 19.3 Å². The van der Waals surface area contributed by atoms with E-state index >= 15 is 4.39 Å². The van der Waals surface area contributed by atoms with Crippen LogP contribution in [0.1, 0.15) is 37.0 Å². The number of benzene rings is 3. The van der Waals surface area contributed by atoms with Crippen molar-refractivity contribution in [3.63, 3.8) is 0 Å². The second-order valence-electron chi connectivity index (χ2n) is 9.53. The number of hydrogen-bond acceptors (Lipinski definition) is 4. The first-order valence-corrected chi connectivity index (χ1v) is 11.9. The molecule has 0 spiro atoms. The number of halogens is 2. The van der Waals surface area contributed by atoms with Crippen LogP contribution in [0.3, 0.4) is 0 Å². The smallest absolute Gasteiger partial charge is 0.335 e. The molecule has 9 heteroatoms. The third-order valence-corrected chi connectivity index (χ3v) is 5.88. The Morgan fingerprint density at radius 1 is 0.973 bits per heavy atom. The Morgan fingerprint density at radius 3 is 2.08 bits per heavy atom. The summed E-state index contributed by atoms with van der Waals surface area (Å²) in [5.74, 6) is 0.0704. The molecule has 0 aliphatic carbocycles. The lowest BCUT2D eigenvalue weighted by Crippen LogP contribution is -2.36. The number of carbonyl (C=O) groups is 2. The van der Waals surface area contributed by atoms with Crippen molar-refractivity contribution < 1.29 is 33.0 Å². The molecular formula is C28H28F2N2O5. The van der Waals surface area contributed by atoms with Crippen molar-refractivity contribution in [2.75, 3.05) is 18.4 Å². The normalized spacial score (nSPS) is 17.1. The molecule has 1 fully saturated rings. The number of aromatic carboxylic acids is 1. The van der Waals surface area contributed by atoms with Gasteiger partial charge in [0.2, 0.25) is 0 Å². The number of ether oxygens (including phenoxy) is 2. The first-order chi connectivity index (χ1) is 17.6. The average Bonchev–Trinajstić information content (AvgIpc) is 3.22. The zero-order valence-electron chi connectivity index (χ0n) is 20.5. The van der Waals surface area contributed by atoms with E-state index in [1.807, 2.05) is 13.8 Å². The fourth-order valence-electron chi connectivity index (χ4n) is 4.31. The zero-order chi connectivity index (χ0) is 26.6. The molecule has 0 saturated carbocycles. The van der Waals surface area contributed by atoms with Crippen LogP contribution in [0.25, 0.3) is 0 Å². The van der Waals surface area contributed by atoms with E-state index in [1.165, 1.54) is 53.4 Å². The Hall–Kier alpha value is -4.14. The quantitative estimate of drug-likeness (QED) is 0.337. The van der Waals surface area contributed by atoms with Gasteiger partial charge >= 0.3 is 12.0 Å². The number of anilines is 1. The van der Waals surface area contributed by atoms with E-state index in [-0.39, 0.29) is 24.4 Å². The van der Waals surface area contributed by atoms with Gasteiger partial charge in [-0.05, 0) is 60.9 Å². The number of carboxylic acids is 1. The van der Waals surface area contributed by atoms with Gasteiger partial charge in [-0.15, -0.1) is 0 Å². The van der Waals surface area contributed by atoms with Gasteiger partial charge in [-0.3, -0.25) is 0 Å². The molecule has 1 aliphatic heterocycles. The highest BCUT2D eigenvalue weighted by atomic mass is 19.1. The number of amides is 2. The fourth-order valence-corrected chi connectivity index (χ4v) is 4.31. The maximum absolute atomic E-state index is 15.1. The number of hydrogen-bond donors (Lipinski definition) is 2. The molecule has 2 amide bonds. The minimum Gasteiger partial charge on any atom is -0.478 e. The van der Waals surface area contributed by atoms with Gasteiger partial charge in [0.25, 0.3) is 0 Å². The van der Waals surface area contributed by atoms with Crippen molar-refractivity contribution in [3.05, 3.63) is 78.1 Å². The molecule has 2 N–H and O–H groups in total. The molecule has 1 unspecified atom stereocenters. The SMILES string of the molecule is CC(C)CC1(F)CCN(C(=O)Nc2cc(Oc3ccc(F)cc3)cc(Oc3ccc(C(=O)O)cc3)c2)C1. The number of alkyl halides is 1. The van der Waals surface area contributed by atoms with Crippen LogP contribution in [0, 0.1) is 11.7 Å². The predicted molar refractivity (Wildman–Crippen MR) is 135 cm³/mol. The molecular weight excluding hydrogens is 482 g/mol. The lowest BCUT2D eigenvalue weighted by atomic mass is 9.93. The predicted octanol–water partition coefficient (Wildman–Crippen LogP) is 7.10. The summed E-state index contributed by atoms with van der Waals surface area (Å²) in [5.41, 5.74) is -0.946. The highest BCUT2D eigenvalue weighted by molar-refractivity contribution is 5.90. The summed E-state index contributed by atoms with van der Waals surface area (Å²) in [4.78, 5) is 25.5. The van der Waals surface area contributed by atoms with Crippen molar-refractivity contribution in [2.45, 2.75) is 32.4 Å². The van der Waals surface area contributed by atoms with Crippen molar-refractivity contribution in [3.8, 4) is 23.0 Å². The highest BCUT2D eigenvalue weighted by Gasteiger charge is 2.40. The van der Waals surface area contributed by atoms with Crippen LogP contribution < -0.4 is 14.8 Å². The summed E-state index contributed by atoms with van der Waals surface area (Å²) < 4.78 is 40.1. The molecule has 3 aromatic rings. The van der Waals surface area contributed by atoms with Crippen LogP contribution in [-0.2, 0) is 0 Å². The molecule has 0 bridgehead atoms. The van der Waals surface area contributed by atoms with Crippen LogP contribution in [0.5, 0.6) is 23.0 Å². The van der Waals surface area contributed by atoms with Gasteiger partial charge in [-0.1, -0.05) is 13.8 Å². The average molecular weight is 511 g/mol. The largest absolute Gasteiger partial charge is 0.478 e. The van der Waals surface area contributed by atoms with Gasteiger partial charge in [0.05, 0.1) is 12.1 Å². The second kappa shape index (κ2) is 10.9. The topological polar surface area (TPSA) is 88.1 Å². The number of nitrogens with one attached hydrogen (secondary N) is 1. The number of urea groups is 1. The van der Waals surface area contributed by atoms with Crippen molar-refractivity contribution >= 4 is 17.7 Å². The lowest BCUT2D eigenvalue weighted by molar-refractivity contribution is 0.0696. The van der Waals surface area contributed by atoms with Crippen LogP contribution in [-0.4, -0.2) is 40.8 Å². The van der Waals surface area contributed by atoms with Crippen LogP contribution in [0.15, 0.2) is 66.7 Å². The van der Waals surface area contributed by atoms with Crippen LogP contribution in [0.2, 0.25) is 0 Å². The molecule has 0 aromatic heterocycles. The van der Waals surface area contributed by atoms with E-state index < -0.39 is 23.5 Å². The van der Waals surface area contributed by atoms with Gasteiger partial charge < -0.3 is 24.8 Å². The number of nitrogens with zero attached hydrogens (tertiary/aromatic N) is 1. The first kappa shape index (κ1) is 25.9. The Bertz CT molecular complexity index is 1260. The monoisotopic (exact) mass is 510 g/mol. The van der Waals surface area contributed by atoms with Gasteiger partial charge in [0.1, 0.15) is 34.5 Å². The van der Waals surface area contributed by atoms with E-state index in [1.54, 1.807) is 18.2 Å². The third-order valence-electron chi connectivity index (χ3n) is 5.88. The molecule has 0 radical (unpaired) electrons.